The quantitative estimate of drug-likeness (QED) is 0.634. The number of benzene rings is 2. The maximum Gasteiger partial charge on any atom is 0.267 e. The molecule has 0 saturated heterocycles. The van der Waals surface area contributed by atoms with E-state index in [1.807, 2.05) is 6.07 Å². The summed E-state index contributed by atoms with van der Waals surface area (Å²) in [4.78, 5) is 24.1. The molecule has 0 aliphatic carbocycles. The van der Waals surface area contributed by atoms with Crippen molar-refractivity contribution in [3.05, 3.63) is 72.4 Å². The van der Waals surface area contributed by atoms with Crippen LogP contribution >= 0.6 is 0 Å². The fourth-order valence-corrected chi connectivity index (χ4v) is 2.15. The van der Waals surface area contributed by atoms with Crippen molar-refractivity contribution in [1.82, 2.24) is 10.6 Å². The predicted molar refractivity (Wildman–Crippen MR) is 98.6 cm³/mol. The second kappa shape index (κ2) is 9.27. The molecule has 26 heavy (non-hydrogen) atoms. The second-order valence-corrected chi connectivity index (χ2v) is 5.71. The van der Waals surface area contributed by atoms with E-state index in [1.54, 1.807) is 55.5 Å². The summed E-state index contributed by atoms with van der Waals surface area (Å²) < 4.78 is 5.50. The van der Waals surface area contributed by atoms with Gasteiger partial charge in [-0.2, -0.15) is 0 Å². The lowest BCUT2D eigenvalue weighted by Crippen LogP contribution is -2.40. The molecule has 1 unspecified atom stereocenters. The van der Waals surface area contributed by atoms with Gasteiger partial charge in [0.25, 0.3) is 11.8 Å². The first-order valence-corrected chi connectivity index (χ1v) is 8.23. The Kier molecular flexibility index (Phi) is 6.79. The number of para-hydroxylation sites is 1. The van der Waals surface area contributed by atoms with Crippen LogP contribution in [0.5, 0.6) is 11.5 Å². The maximum absolute atomic E-state index is 12.1. The van der Waals surface area contributed by atoms with Crippen molar-refractivity contribution in [2.45, 2.75) is 19.4 Å². The van der Waals surface area contributed by atoms with Gasteiger partial charge in [0.1, 0.15) is 11.5 Å². The van der Waals surface area contributed by atoms with Gasteiger partial charge in [0.05, 0.1) is 5.70 Å². The normalized spacial score (nSPS) is 11.3. The van der Waals surface area contributed by atoms with Crippen LogP contribution in [0.25, 0.3) is 0 Å². The van der Waals surface area contributed by atoms with E-state index in [4.69, 9.17) is 4.74 Å². The lowest BCUT2D eigenvalue weighted by atomic mass is 10.1. The summed E-state index contributed by atoms with van der Waals surface area (Å²) >= 11 is 0. The van der Waals surface area contributed by atoms with Gasteiger partial charge in [-0.25, -0.2) is 0 Å². The highest BCUT2D eigenvalue weighted by Gasteiger charge is 2.17. The Morgan fingerprint density at radius 1 is 1.12 bits per heavy atom. The maximum atomic E-state index is 12.1. The van der Waals surface area contributed by atoms with E-state index in [1.165, 1.54) is 0 Å². The molecule has 0 saturated carbocycles. The van der Waals surface area contributed by atoms with Crippen LogP contribution in [-0.4, -0.2) is 29.6 Å². The Labute approximate surface area is 152 Å². The van der Waals surface area contributed by atoms with Crippen LogP contribution in [0.1, 0.15) is 12.5 Å². The van der Waals surface area contributed by atoms with Gasteiger partial charge in [-0.1, -0.05) is 36.9 Å². The van der Waals surface area contributed by atoms with Crippen LogP contribution < -0.4 is 15.4 Å². The number of nitrogens with one attached hydrogen (secondary N) is 2. The molecule has 0 aliphatic rings. The van der Waals surface area contributed by atoms with Crippen LogP contribution in [-0.2, 0) is 16.0 Å². The summed E-state index contributed by atoms with van der Waals surface area (Å²) in [6, 6.07) is 15.7. The molecule has 0 aliphatic heterocycles. The van der Waals surface area contributed by atoms with Crippen LogP contribution in [0, 0.1) is 0 Å². The number of amides is 2. The molecule has 2 amide bonds. The summed E-state index contributed by atoms with van der Waals surface area (Å²) in [5.74, 6) is -0.142. The number of hydrogen-bond acceptors (Lipinski definition) is 4. The van der Waals surface area contributed by atoms with E-state index < -0.39 is 17.9 Å². The Morgan fingerprint density at radius 2 is 1.77 bits per heavy atom. The number of carbonyl (C=O) groups excluding carboxylic acids is 2. The fraction of sp³-hybridized carbons (Fsp3) is 0.200. The SMILES string of the molecule is C=C(NC(=O)C(C)Oc1ccccc1)C(=O)NCCc1ccc(O)cc1. The van der Waals surface area contributed by atoms with Crippen LogP contribution in [0.4, 0.5) is 0 Å². The molecule has 2 rings (SSSR count). The third kappa shape index (κ3) is 5.98. The number of carbonyl (C=O) groups is 2. The number of hydrogen-bond donors (Lipinski definition) is 3. The standard InChI is InChI=1S/C20H22N2O4/c1-14(19(24)21-13-12-16-8-10-17(23)11-9-16)22-20(25)15(2)26-18-6-4-3-5-7-18/h3-11,15,23H,1,12-13H2,2H3,(H,21,24)(H,22,25). The van der Waals surface area contributed by atoms with Crippen molar-refractivity contribution < 1.29 is 19.4 Å². The molecule has 0 radical (unpaired) electrons. The van der Waals surface area contributed by atoms with Gasteiger partial charge in [-0.3, -0.25) is 9.59 Å². The minimum atomic E-state index is -0.765. The number of ether oxygens (including phenoxy) is 1. The average molecular weight is 354 g/mol. The van der Waals surface area contributed by atoms with E-state index in [9.17, 15) is 14.7 Å². The molecule has 6 nitrogen and oxygen atoms in total. The minimum absolute atomic E-state index is 0.0378. The van der Waals surface area contributed by atoms with Gasteiger partial charge < -0.3 is 20.5 Å². The molecule has 0 aromatic heterocycles. The van der Waals surface area contributed by atoms with Gasteiger partial charge in [0.15, 0.2) is 6.10 Å². The number of rotatable bonds is 8. The van der Waals surface area contributed by atoms with Crippen LogP contribution in [0.3, 0.4) is 0 Å². The summed E-state index contributed by atoms with van der Waals surface area (Å²) in [5, 5.41) is 14.4. The van der Waals surface area contributed by atoms with E-state index >= 15 is 0 Å². The zero-order chi connectivity index (χ0) is 18.9. The molecule has 6 heteroatoms. The van der Waals surface area contributed by atoms with E-state index in [0.717, 1.165) is 5.56 Å². The molecule has 3 N–H and O–H groups in total. The van der Waals surface area contributed by atoms with Crippen molar-refractivity contribution >= 4 is 11.8 Å². The minimum Gasteiger partial charge on any atom is -0.508 e. The van der Waals surface area contributed by atoms with E-state index in [-0.39, 0.29) is 11.4 Å². The Hall–Kier alpha value is -3.28. The lowest BCUT2D eigenvalue weighted by Gasteiger charge is -2.15. The molecular formula is C20H22N2O4. The highest BCUT2D eigenvalue weighted by Crippen LogP contribution is 2.11. The molecule has 0 fully saturated rings. The summed E-state index contributed by atoms with van der Waals surface area (Å²) in [6.07, 6.45) is -0.167. The third-order valence-electron chi connectivity index (χ3n) is 3.61. The Balaban J connectivity index is 1.74. The second-order valence-electron chi connectivity index (χ2n) is 5.71. The van der Waals surface area contributed by atoms with Gasteiger partial charge in [0.2, 0.25) is 0 Å². The average Bonchev–Trinajstić information content (AvgIpc) is 2.64. The zero-order valence-electron chi connectivity index (χ0n) is 14.6. The number of phenols is 1. The van der Waals surface area contributed by atoms with E-state index in [0.29, 0.717) is 18.7 Å². The first-order chi connectivity index (χ1) is 12.5. The predicted octanol–water partition coefficient (Wildman–Crippen LogP) is 2.15. The van der Waals surface area contributed by atoms with Crippen molar-refractivity contribution in [3.8, 4) is 11.5 Å². The first kappa shape index (κ1) is 19.1. The van der Waals surface area contributed by atoms with E-state index in [2.05, 4.69) is 17.2 Å². The highest BCUT2D eigenvalue weighted by atomic mass is 16.5. The van der Waals surface area contributed by atoms with Crippen LogP contribution in [0.15, 0.2) is 66.9 Å². The van der Waals surface area contributed by atoms with Crippen molar-refractivity contribution in [2.75, 3.05) is 6.54 Å². The van der Waals surface area contributed by atoms with Crippen molar-refractivity contribution in [2.24, 2.45) is 0 Å². The lowest BCUT2D eigenvalue weighted by molar-refractivity contribution is -0.128. The molecule has 1 atom stereocenters. The number of phenolic OH excluding ortho intramolecular Hbond substituents is 1. The smallest absolute Gasteiger partial charge is 0.267 e. The van der Waals surface area contributed by atoms with Crippen molar-refractivity contribution in [1.29, 1.82) is 0 Å². The van der Waals surface area contributed by atoms with Crippen LogP contribution in [0.2, 0.25) is 0 Å². The molecule has 0 heterocycles. The van der Waals surface area contributed by atoms with Crippen molar-refractivity contribution in [3.63, 3.8) is 0 Å². The molecule has 0 bridgehead atoms. The number of aromatic hydroxyl groups is 1. The zero-order valence-corrected chi connectivity index (χ0v) is 14.6. The highest BCUT2D eigenvalue weighted by molar-refractivity contribution is 5.97. The largest absolute Gasteiger partial charge is 0.508 e. The fourth-order valence-electron chi connectivity index (χ4n) is 2.15. The molecule has 136 valence electrons. The molecule has 2 aromatic carbocycles. The Morgan fingerprint density at radius 3 is 2.42 bits per heavy atom. The Bertz CT molecular complexity index is 757. The van der Waals surface area contributed by atoms with Gasteiger partial charge >= 0.3 is 0 Å². The summed E-state index contributed by atoms with van der Waals surface area (Å²) in [7, 11) is 0. The van der Waals surface area contributed by atoms with Gasteiger partial charge in [-0.15, -0.1) is 0 Å². The first-order valence-electron chi connectivity index (χ1n) is 8.23. The third-order valence-corrected chi connectivity index (χ3v) is 3.61. The topological polar surface area (TPSA) is 87.7 Å². The molecule has 2 aromatic rings. The van der Waals surface area contributed by atoms with Gasteiger partial charge in [0, 0.05) is 6.54 Å². The monoisotopic (exact) mass is 354 g/mol. The molecular weight excluding hydrogens is 332 g/mol. The summed E-state index contributed by atoms with van der Waals surface area (Å²) in [5.41, 5.74) is 0.937. The van der Waals surface area contributed by atoms with Gasteiger partial charge in [-0.05, 0) is 43.2 Å². The molecule has 0 spiro atoms. The summed E-state index contributed by atoms with van der Waals surface area (Å²) in [6.45, 7) is 5.57.